The molecule has 4 fully saturated rings. The fourth-order valence-corrected chi connectivity index (χ4v) is 10.1. The van der Waals surface area contributed by atoms with Crippen LogP contribution in [0.25, 0.3) is 0 Å². The second-order valence-corrected chi connectivity index (χ2v) is 22.9. The molecule has 26 nitrogen and oxygen atoms in total. The summed E-state index contributed by atoms with van der Waals surface area (Å²) in [5, 5.41) is 5.21. The van der Waals surface area contributed by atoms with Gasteiger partial charge in [0, 0.05) is 116 Å². The average Bonchev–Trinajstić information content (AvgIpc) is 2.01. The molecular formula is C63H78F2N12O14. The molecule has 0 spiro atoms. The summed E-state index contributed by atoms with van der Waals surface area (Å²) in [5.41, 5.74) is 14.6. The molecule has 4 aromatic carbocycles. The average molecular weight is 1270 g/mol. The molecule has 2 atom stereocenters. The summed E-state index contributed by atoms with van der Waals surface area (Å²) < 4.78 is 45.8. The molecule has 6 N–H and O–H groups in total. The van der Waals surface area contributed by atoms with Crippen LogP contribution in [0.3, 0.4) is 0 Å². The van der Waals surface area contributed by atoms with E-state index in [1.54, 1.807) is 91.2 Å². The van der Waals surface area contributed by atoms with E-state index < -0.39 is 53.4 Å². The number of carbonyl (C=O) groups is 11. The number of hydrogen-bond donors (Lipinski definition) is 6. The van der Waals surface area contributed by atoms with Crippen LogP contribution in [0.2, 0.25) is 0 Å². The van der Waals surface area contributed by atoms with Crippen LogP contribution >= 0.6 is 0 Å². The van der Waals surface area contributed by atoms with Gasteiger partial charge in [-0.3, -0.25) is 59.6 Å². The Morgan fingerprint density at radius 3 is 1.34 bits per heavy atom. The summed E-state index contributed by atoms with van der Waals surface area (Å²) in [6.45, 7) is 12.5. The molecule has 8 rings (SSSR count). The third-order valence-corrected chi connectivity index (χ3v) is 14.9. The Kier molecular flexibility index (Phi) is 25.1. The number of halogens is 2. The lowest BCUT2D eigenvalue weighted by Crippen LogP contribution is -2.49. The number of cyclic esters (lactones) is 2. The number of carbonyl (C=O) groups excluding carboxylic acids is 11. The van der Waals surface area contributed by atoms with Crippen molar-refractivity contribution < 1.29 is 75.7 Å². The molecule has 0 aromatic heterocycles. The number of nitrogens with one attached hydrogen (secondary N) is 6. The molecule has 4 heterocycles. The van der Waals surface area contributed by atoms with Crippen LogP contribution in [-0.2, 0) is 60.9 Å². The van der Waals surface area contributed by atoms with Gasteiger partial charge >= 0.3 is 18.2 Å². The van der Waals surface area contributed by atoms with E-state index in [0.29, 0.717) is 99.3 Å². The zero-order chi connectivity index (χ0) is 65.8. The zero-order valence-corrected chi connectivity index (χ0v) is 51.6. The lowest BCUT2D eigenvalue weighted by Gasteiger charge is -2.36. The van der Waals surface area contributed by atoms with E-state index in [4.69, 9.17) is 14.2 Å². The molecule has 4 aromatic rings. The Morgan fingerprint density at radius 2 is 0.967 bits per heavy atom. The number of rotatable bonds is 27. The van der Waals surface area contributed by atoms with Crippen LogP contribution in [0.1, 0.15) is 92.1 Å². The molecule has 0 unspecified atom stereocenters. The number of hydrogen-bond acceptors (Lipinski definition) is 20. The largest absolute Gasteiger partial charge is 0.454 e. The predicted octanol–water partition coefficient (Wildman–Crippen LogP) is 3.50. The van der Waals surface area contributed by atoms with E-state index in [0.717, 1.165) is 17.4 Å². The number of ether oxygens (including phenoxy) is 3. The maximum absolute atomic E-state index is 15.2. The molecule has 488 valence electrons. The first-order valence-electron chi connectivity index (χ1n) is 29.9. The SMILES string of the molecule is CC(=O)NC[C@H]1CN(c2ccc(N3CCN(C(=O)CCC(=O)c4ccc(CNNCC(=O)C(=O)OC(C)(C)C)cc4)CC3)c(F)c2)C(=O)O1.CC(=O)NC[C@H]1CN(c2ccc(N3CCN(C(=O)CCC(=O)c4ccc(CNNCC=O)cc4)CC3)c(F)c2)C(=O)O1. The van der Waals surface area contributed by atoms with Gasteiger partial charge in [-0.2, -0.15) is 0 Å². The van der Waals surface area contributed by atoms with Gasteiger partial charge < -0.3 is 49.2 Å². The molecule has 4 aliphatic rings. The van der Waals surface area contributed by atoms with Crippen LogP contribution in [0.4, 0.5) is 41.1 Å². The van der Waals surface area contributed by atoms with Crippen molar-refractivity contribution in [3.05, 3.63) is 119 Å². The first-order valence-corrected chi connectivity index (χ1v) is 29.9. The predicted molar refractivity (Wildman–Crippen MR) is 330 cm³/mol. The number of Topliss-reactive ketones (excluding diaryl/α,β-unsaturated/α-hetero) is 3. The molecule has 0 saturated carbocycles. The van der Waals surface area contributed by atoms with Crippen molar-refractivity contribution in [3.63, 3.8) is 0 Å². The van der Waals surface area contributed by atoms with Crippen LogP contribution < -0.4 is 51.9 Å². The lowest BCUT2D eigenvalue weighted by molar-refractivity contribution is -0.162. The van der Waals surface area contributed by atoms with Crippen molar-refractivity contribution in [2.75, 3.05) is 111 Å². The van der Waals surface area contributed by atoms with Gasteiger partial charge in [0.2, 0.25) is 23.6 Å². The van der Waals surface area contributed by atoms with Crippen LogP contribution in [0.15, 0.2) is 84.9 Å². The summed E-state index contributed by atoms with van der Waals surface area (Å²) in [7, 11) is 0. The maximum atomic E-state index is 15.2. The van der Waals surface area contributed by atoms with E-state index in [1.807, 2.05) is 21.9 Å². The minimum atomic E-state index is -0.909. The Labute approximate surface area is 525 Å². The summed E-state index contributed by atoms with van der Waals surface area (Å²) in [6.07, 6.45) is -1.22. The normalized spacial score (nSPS) is 16.5. The van der Waals surface area contributed by atoms with E-state index in [2.05, 4.69) is 32.3 Å². The number of hydrazine groups is 2. The highest BCUT2D eigenvalue weighted by atomic mass is 19.1. The maximum Gasteiger partial charge on any atom is 0.414 e. The first-order chi connectivity index (χ1) is 43.4. The highest BCUT2D eigenvalue weighted by Gasteiger charge is 2.35. The number of aldehydes is 1. The van der Waals surface area contributed by atoms with E-state index >= 15 is 8.78 Å². The third kappa shape index (κ3) is 20.9. The van der Waals surface area contributed by atoms with Gasteiger partial charge in [0.15, 0.2) is 11.6 Å². The highest BCUT2D eigenvalue weighted by molar-refractivity contribution is 6.34. The molecule has 91 heavy (non-hydrogen) atoms. The second kappa shape index (κ2) is 33.0. The number of amides is 6. The summed E-state index contributed by atoms with van der Waals surface area (Å²) in [6, 6.07) is 23.0. The van der Waals surface area contributed by atoms with Gasteiger partial charge in [0.1, 0.15) is 35.7 Å². The Balaban J connectivity index is 0.000000261. The van der Waals surface area contributed by atoms with Crippen molar-refractivity contribution in [1.82, 2.24) is 42.1 Å². The standard InChI is InChI=1S/C34H43FN6O8.C29H35FN6O6/c1-22(42)36-19-26-21-41(33(47)48-26)25-9-10-28(27(35)17-25)39-13-15-40(16-14-39)31(45)12-11-29(43)24-7-5-23(6-8-24)18-37-38-20-30(44)32(46)49-34(2,3)4;1-20(38)31-18-24-19-36(29(41)42-24)23-6-7-26(25(30)16-23)34-11-13-35(14-12-34)28(40)9-8-27(39)22-4-2-21(3-5-22)17-33-32-10-15-37/h5-10,17,26,37-38H,11-16,18-21H2,1-4H3,(H,36,42);2-7,15-16,24,32-33H,8-14,17-19H2,1H3,(H,31,38)/t26-;24-/m00/s1. The topological polar surface area (TPSA) is 307 Å². The van der Waals surface area contributed by atoms with E-state index in [1.165, 1.54) is 35.8 Å². The molecule has 4 aliphatic heterocycles. The monoisotopic (exact) mass is 1260 g/mol. The fraction of sp³-hybridized carbons (Fsp3) is 0.444. The fourth-order valence-electron chi connectivity index (χ4n) is 10.1. The van der Waals surface area contributed by atoms with Crippen LogP contribution in [0, 0.1) is 11.6 Å². The number of anilines is 4. The molecule has 0 bridgehead atoms. The summed E-state index contributed by atoms with van der Waals surface area (Å²) >= 11 is 0. The van der Waals surface area contributed by atoms with Gasteiger partial charge in [-0.05, 0) is 68.3 Å². The van der Waals surface area contributed by atoms with Gasteiger partial charge in [-0.1, -0.05) is 48.5 Å². The molecule has 6 amide bonds. The number of nitrogens with zero attached hydrogens (tertiary/aromatic N) is 6. The number of ketones is 3. The Morgan fingerprint density at radius 1 is 0.560 bits per heavy atom. The van der Waals surface area contributed by atoms with Crippen molar-refractivity contribution in [2.24, 2.45) is 0 Å². The minimum Gasteiger partial charge on any atom is -0.454 e. The molecule has 0 aliphatic carbocycles. The summed E-state index contributed by atoms with van der Waals surface area (Å²) in [4.78, 5) is 141. The van der Waals surface area contributed by atoms with E-state index in [9.17, 15) is 52.7 Å². The smallest absolute Gasteiger partial charge is 0.414 e. The third-order valence-electron chi connectivity index (χ3n) is 14.9. The van der Waals surface area contributed by atoms with Crippen molar-refractivity contribution in [3.8, 4) is 0 Å². The van der Waals surface area contributed by atoms with Gasteiger partial charge in [-0.15, -0.1) is 0 Å². The van der Waals surface area contributed by atoms with Crippen molar-refractivity contribution in [1.29, 1.82) is 0 Å². The summed E-state index contributed by atoms with van der Waals surface area (Å²) in [5.74, 6) is -3.64. The van der Waals surface area contributed by atoms with Gasteiger partial charge in [0.05, 0.1) is 62.0 Å². The first kappa shape index (κ1) is 69.2. The van der Waals surface area contributed by atoms with Gasteiger partial charge in [0.25, 0.3) is 5.78 Å². The Hall–Kier alpha value is -9.25. The van der Waals surface area contributed by atoms with Gasteiger partial charge in [-0.25, -0.2) is 28.6 Å². The van der Waals surface area contributed by atoms with Crippen LogP contribution in [0.5, 0.6) is 0 Å². The number of esters is 1. The molecule has 4 saturated heterocycles. The van der Waals surface area contributed by atoms with Crippen molar-refractivity contribution >= 4 is 88.2 Å². The lowest BCUT2D eigenvalue weighted by atomic mass is 10.0. The molecule has 0 radical (unpaired) electrons. The van der Waals surface area contributed by atoms with E-state index in [-0.39, 0.29) is 100 Å². The minimum absolute atomic E-state index is 0.0473. The van der Waals surface area contributed by atoms with Crippen molar-refractivity contribution in [2.45, 2.75) is 91.2 Å². The molecule has 28 heteroatoms. The zero-order valence-electron chi connectivity index (χ0n) is 51.6. The highest BCUT2D eigenvalue weighted by Crippen LogP contribution is 2.31. The second-order valence-electron chi connectivity index (χ2n) is 22.9. The number of piperazine rings is 2. The number of benzene rings is 4. The molecular weight excluding hydrogens is 1190 g/mol. The van der Waals surface area contributed by atoms with Crippen LogP contribution in [-0.4, -0.2) is 185 Å². The Bertz CT molecular complexity index is 3280. The quantitative estimate of drug-likeness (QED) is 0.00947.